The van der Waals surface area contributed by atoms with Gasteiger partial charge in [-0.15, -0.1) is 0 Å². The summed E-state index contributed by atoms with van der Waals surface area (Å²) in [5.74, 6) is -0.244. The fourth-order valence-electron chi connectivity index (χ4n) is 2.73. The van der Waals surface area contributed by atoms with Gasteiger partial charge in [-0.1, -0.05) is 30.3 Å². The maximum atomic E-state index is 12.2. The van der Waals surface area contributed by atoms with E-state index < -0.39 is 6.10 Å². The first-order valence-corrected chi connectivity index (χ1v) is 7.75. The molecule has 2 amide bonds. The van der Waals surface area contributed by atoms with Gasteiger partial charge < -0.3 is 15.3 Å². The molecule has 5 heteroatoms. The number of benzene rings is 1. The highest BCUT2D eigenvalue weighted by molar-refractivity contribution is 5.81. The number of hydrogen-bond donors (Lipinski definition) is 2. The SMILES string of the molecule is CC(=O)N1CCC(C(=O)NC(C)C(O)Cc2ccccc2)C1. The van der Waals surface area contributed by atoms with E-state index in [9.17, 15) is 14.7 Å². The minimum absolute atomic E-state index is 0.00691. The lowest BCUT2D eigenvalue weighted by molar-refractivity contribution is -0.129. The molecule has 0 radical (unpaired) electrons. The van der Waals surface area contributed by atoms with Crippen LogP contribution >= 0.6 is 0 Å². The lowest BCUT2D eigenvalue weighted by Gasteiger charge is -2.22. The highest BCUT2D eigenvalue weighted by atomic mass is 16.3. The molecule has 3 unspecified atom stereocenters. The maximum Gasteiger partial charge on any atom is 0.225 e. The third-order valence-corrected chi connectivity index (χ3v) is 4.24. The average Bonchev–Trinajstić information content (AvgIpc) is 2.98. The zero-order valence-corrected chi connectivity index (χ0v) is 13.2. The molecule has 120 valence electrons. The molecule has 0 aromatic heterocycles. The van der Waals surface area contributed by atoms with Gasteiger partial charge >= 0.3 is 0 Å². The number of nitrogens with one attached hydrogen (secondary N) is 1. The Kier molecular flexibility index (Phi) is 5.55. The molecular weight excluding hydrogens is 280 g/mol. The average molecular weight is 304 g/mol. The van der Waals surface area contributed by atoms with Gasteiger partial charge in [0.2, 0.25) is 11.8 Å². The van der Waals surface area contributed by atoms with Gasteiger partial charge in [-0.3, -0.25) is 9.59 Å². The summed E-state index contributed by atoms with van der Waals surface area (Å²) in [4.78, 5) is 25.2. The number of carbonyl (C=O) groups is 2. The number of amides is 2. The van der Waals surface area contributed by atoms with E-state index in [1.165, 1.54) is 6.92 Å². The van der Waals surface area contributed by atoms with Crippen LogP contribution in [0, 0.1) is 5.92 Å². The molecule has 5 nitrogen and oxygen atoms in total. The highest BCUT2D eigenvalue weighted by Crippen LogP contribution is 2.17. The second-order valence-corrected chi connectivity index (χ2v) is 6.00. The minimum atomic E-state index is -0.628. The largest absolute Gasteiger partial charge is 0.391 e. The van der Waals surface area contributed by atoms with Crippen molar-refractivity contribution in [2.45, 2.75) is 38.8 Å². The molecule has 1 saturated heterocycles. The Morgan fingerprint density at radius 3 is 2.64 bits per heavy atom. The van der Waals surface area contributed by atoms with Gasteiger partial charge in [0.05, 0.1) is 18.1 Å². The van der Waals surface area contributed by atoms with E-state index in [0.29, 0.717) is 25.9 Å². The number of rotatable bonds is 5. The summed E-state index contributed by atoms with van der Waals surface area (Å²) in [5.41, 5.74) is 1.04. The molecule has 22 heavy (non-hydrogen) atoms. The van der Waals surface area contributed by atoms with Crippen LogP contribution in [0.15, 0.2) is 30.3 Å². The summed E-state index contributed by atoms with van der Waals surface area (Å²) < 4.78 is 0. The molecule has 1 aromatic rings. The molecule has 2 N–H and O–H groups in total. The summed E-state index contributed by atoms with van der Waals surface area (Å²) in [7, 11) is 0. The first kappa shape index (κ1) is 16.5. The molecule has 1 aromatic carbocycles. The van der Waals surface area contributed by atoms with E-state index in [4.69, 9.17) is 0 Å². The normalized spacial score (nSPS) is 20.5. The number of nitrogens with zero attached hydrogens (tertiary/aromatic N) is 1. The van der Waals surface area contributed by atoms with Gasteiger partial charge in [-0.2, -0.15) is 0 Å². The van der Waals surface area contributed by atoms with Crippen molar-refractivity contribution in [1.29, 1.82) is 0 Å². The molecule has 0 aliphatic carbocycles. The summed E-state index contributed by atoms with van der Waals surface area (Å²) >= 11 is 0. The lowest BCUT2D eigenvalue weighted by Crippen LogP contribution is -2.45. The summed E-state index contributed by atoms with van der Waals surface area (Å²) in [5, 5.41) is 13.1. The van der Waals surface area contributed by atoms with Crippen molar-refractivity contribution in [1.82, 2.24) is 10.2 Å². The molecule has 3 atom stereocenters. The molecular formula is C17H24N2O3. The Balaban J connectivity index is 1.82. The van der Waals surface area contributed by atoms with Crippen LogP contribution in [0.5, 0.6) is 0 Å². The van der Waals surface area contributed by atoms with Crippen molar-refractivity contribution < 1.29 is 14.7 Å². The summed E-state index contributed by atoms with van der Waals surface area (Å²) in [6.45, 7) is 4.44. The van der Waals surface area contributed by atoms with E-state index >= 15 is 0 Å². The Morgan fingerprint density at radius 2 is 2.05 bits per heavy atom. The smallest absolute Gasteiger partial charge is 0.225 e. The van der Waals surface area contributed by atoms with Crippen LogP contribution in [-0.2, 0) is 16.0 Å². The van der Waals surface area contributed by atoms with Gasteiger partial charge in [-0.05, 0) is 18.9 Å². The quantitative estimate of drug-likeness (QED) is 0.851. The molecule has 1 heterocycles. The second-order valence-electron chi connectivity index (χ2n) is 6.00. The monoisotopic (exact) mass is 304 g/mol. The fraction of sp³-hybridized carbons (Fsp3) is 0.529. The Bertz CT molecular complexity index is 518. The predicted molar refractivity (Wildman–Crippen MR) is 84.1 cm³/mol. The van der Waals surface area contributed by atoms with Crippen molar-refractivity contribution in [3.05, 3.63) is 35.9 Å². The third-order valence-electron chi connectivity index (χ3n) is 4.24. The van der Waals surface area contributed by atoms with Crippen LogP contribution in [0.25, 0.3) is 0 Å². The number of aliphatic hydroxyl groups is 1. The minimum Gasteiger partial charge on any atom is -0.391 e. The van der Waals surface area contributed by atoms with Crippen molar-refractivity contribution in [3.8, 4) is 0 Å². The van der Waals surface area contributed by atoms with Gasteiger partial charge in [0, 0.05) is 26.4 Å². The molecule has 0 bridgehead atoms. The van der Waals surface area contributed by atoms with Crippen LogP contribution < -0.4 is 5.32 Å². The third kappa shape index (κ3) is 4.31. The first-order valence-electron chi connectivity index (χ1n) is 7.75. The first-order chi connectivity index (χ1) is 10.5. The standard InChI is InChI=1S/C17H24N2O3/c1-12(16(21)10-14-6-4-3-5-7-14)18-17(22)15-8-9-19(11-15)13(2)20/h3-7,12,15-16,21H,8-11H2,1-2H3,(H,18,22). The van der Waals surface area contributed by atoms with Crippen LogP contribution in [0.1, 0.15) is 25.8 Å². The van der Waals surface area contributed by atoms with Crippen molar-refractivity contribution in [2.24, 2.45) is 5.92 Å². The van der Waals surface area contributed by atoms with E-state index in [1.54, 1.807) is 4.90 Å². The number of likely N-dealkylation sites (tertiary alicyclic amines) is 1. The van der Waals surface area contributed by atoms with Crippen LogP contribution in [0.2, 0.25) is 0 Å². The van der Waals surface area contributed by atoms with Gasteiger partial charge in [0.1, 0.15) is 0 Å². The number of hydrogen-bond acceptors (Lipinski definition) is 3. The van der Waals surface area contributed by atoms with Crippen LogP contribution in [-0.4, -0.2) is 47.1 Å². The van der Waals surface area contributed by atoms with Crippen LogP contribution in [0.3, 0.4) is 0 Å². The molecule has 1 aliphatic heterocycles. The molecule has 0 saturated carbocycles. The zero-order valence-electron chi connectivity index (χ0n) is 13.2. The molecule has 0 spiro atoms. The number of aliphatic hydroxyl groups excluding tert-OH is 1. The molecule has 2 rings (SSSR count). The maximum absolute atomic E-state index is 12.2. The van der Waals surface area contributed by atoms with Crippen LogP contribution in [0.4, 0.5) is 0 Å². The lowest BCUT2D eigenvalue weighted by atomic mass is 10.0. The van der Waals surface area contributed by atoms with Gasteiger partial charge in [0.25, 0.3) is 0 Å². The van der Waals surface area contributed by atoms with E-state index in [2.05, 4.69) is 5.32 Å². The van der Waals surface area contributed by atoms with Gasteiger partial charge in [-0.25, -0.2) is 0 Å². The topological polar surface area (TPSA) is 69.6 Å². The predicted octanol–water partition coefficient (Wildman–Crippen LogP) is 0.963. The second kappa shape index (κ2) is 7.40. The van der Waals surface area contributed by atoms with E-state index in [0.717, 1.165) is 5.56 Å². The Labute approximate surface area is 131 Å². The van der Waals surface area contributed by atoms with Crippen molar-refractivity contribution in [3.63, 3.8) is 0 Å². The summed E-state index contributed by atoms with van der Waals surface area (Å²) in [6.07, 6.45) is 0.566. The van der Waals surface area contributed by atoms with Gasteiger partial charge in [0.15, 0.2) is 0 Å². The Morgan fingerprint density at radius 1 is 1.36 bits per heavy atom. The highest BCUT2D eigenvalue weighted by Gasteiger charge is 2.30. The fourth-order valence-corrected chi connectivity index (χ4v) is 2.73. The Hall–Kier alpha value is -1.88. The molecule has 1 fully saturated rings. The number of carbonyl (C=O) groups excluding carboxylic acids is 2. The summed E-state index contributed by atoms with van der Waals surface area (Å²) in [6, 6.07) is 9.39. The molecule has 1 aliphatic rings. The van der Waals surface area contributed by atoms with E-state index in [-0.39, 0.29) is 23.8 Å². The van der Waals surface area contributed by atoms with Crippen molar-refractivity contribution >= 4 is 11.8 Å². The van der Waals surface area contributed by atoms with Crippen molar-refractivity contribution in [2.75, 3.05) is 13.1 Å². The van der Waals surface area contributed by atoms with E-state index in [1.807, 2.05) is 37.3 Å². The zero-order chi connectivity index (χ0) is 16.1.